The van der Waals surface area contributed by atoms with Crippen molar-refractivity contribution in [2.45, 2.75) is 4.90 Å². The third-order valence-electron chi connectivity index (χ3n) is 2.17. The number of nitrogen functional groups attached to an aromatic ring is 1. The Morgan fingerprint density at radius 3 is 2.31 bits per heavy atom. The molecule has 0 unspecified atom stereocenters. The zero-order valence-corrected chi connectivity index (χ0v) is 11.5. The molecular weight excluding hydrogens is 237 g/mol. The average molecular weight is 246 g/mol. The molecule has 2 aromatic rings. The van der Waals surface area contributed by atoms with Crippen LogP contribution in [-0.4, -0.2) is 42.5 Å². The van der Waals surface area contributed by atoms with Crippen molar-refractivity contribution in [1.82, 2.24) is 0 Å². The van der Waals surface area contributed by atoms with E-state index in [-0.39, 0.29) is 40.1 Å². The van der Waals surface area contributed by atoms with Crippen LogP contribution in [0.2, 0.25) is 0 Å². The molecule has 4 nitrogen and oxygen atoms in total. The quantitative estimate of drug-likeness (QED) is 0.451. The summed E-state index contributed by atoms with van der Waals surface area (Å²) in [4.78, 5) is -0.222. The molecule has 0 aliphatic carbocycles. The van der Waals surface area contributed by atoms with Crippen LogP contribution in [0.1, 0.15) is 0 Å². The first-order chi connectivity index (χ1) is 7.00. The van der Waals surface area contributed by atoms with E-state index in [4.69, 9.17) is 10.3 Å². The van der Waals surface area contributed by atoms with Crippen LogP contribution in [0.4, 0.5) is 5.69 Å². The molecule has 0 aliphatic rings. The normalized spacial score (nSPS) is 11.1. The molecule has 79 valence electrons. The van der Waals surface area contributed by atoms with Gasteiger partial charge in [-0.05, 0) is 11.5 Å². The van der Waals surface area contributed by atoms with Gasteiger partial charge in [-0.15, -0.1) is 0 Å². The number of fused-ring (bicyclic) bond motifs is 1. The summed E-state index contributed by atoms with van der Waals surface area (Å²) in [5.74, 6) is 0. The molecule has 16 heavy (non-hydrogen) atoms. The van der Waals surface area contributed by atoms with E-state index in [1.165, 1.54) is 6.07 Å². The Hall–Kier alpha value is -0.590. The summed E-state index contributed by atoms with van der Waals surface area (Å²) in [7, 11) is -4.29. The van der Waals surface area contributed by atoms with E-state index in [9.17, 15) is 8.42 Å². The van der Waals surface area contributed by atoms with Crippen molar-refractivity contribution in [3.8, 4) is 0 Å². The summed E-state index contributed by atoms with van der Waals surface area (Å²) in [6.07, 6.45) is 0. The average Bonchev–Trinajstić information content (AvgIpc) is 2.15. The zero-order chi connectivity index (χ0) is 11.1. The van der Waals surface area contributed by atoms with Crippen LogP contribution in [0.15, 0.2) is 41.3 Å². The maximum Gasteiger partial charge on any atom is 0.297 e. The first kappa shape index (κ1) is 13.5. The van der Waals surface area contributed by atoms with Gasteiger partial charge in [-0.2, -0.15) is 8.42 Å². The molecule has 0 fully saturated rings. The van der Waals surface area contributed by atoms with Gasteiger partial charge in [0.25, 0.3) is 10.1 Å². The van der Waals surface area contributed by atoms with Crippen LogP contribution >= 0.6 is 0 Å². The summed E-state index contributed by atoms with van der Waals surface area (Å²) >= 11 is 0. The predicted octanol–water partition coefficient (Wildman–Crippen LogP) is 1.29. The number of rotatable bonds is 1. The second kappa shape index (κ2) is 4.73. The Balaban J connectivity index is 0.00000128. The molecule has 0 aromatic heterocycles. The molecule has 2 aromatic carbocycles. The minimum Gasteiger partial charge on any atom is -0.398 e. The summed E-state index contributed by atoms with van der Waals surface area (Å²) < 4.78 is 31.3. The van der Waals surface area contributed by atoms with Crippen molar-refractivity contribution in [3.05, 3.63) is 36.4 Å². The van der Waals surface area contributed by atoms with Gasteiger partial charge in [0, 0.05) is 34.9 Å². The van der Waals surface area contributed by atoms with Crippen molar-refractivity contribution < 1.29 is 13.0 Å². The molecule has 0 heterocycles. The molecule has 0 bridgehead atoms. The van der Waals surface area contributed by atoms with E-state index in [1.807, 2.05) is 0 Å². The van der Waals surface area contributed by atoms with Crippen LogP contribution in [0, 0.1) is 0 Å². The van der Waals surface area contributed by atoms with Gasteiger partial charge in [-0.25, -0.2) is 0 Å². The van der Waals surface area contributed by atoms with Gasteiger partial charge in [0.1, 0.15) is 4.90 Å². The standard InChI is InChI=1S/C10H9NO3S.Na/c11-9-6-5-7-3-1-2-4-8(7)10(9)15(12,13)14;/h1-6H,11H2,(H,12,13,14);. The number of benzene rings is 2. The molecular formula is C10H9NNaO3S. The maximum absolute atomic E-state index is 11.1. The van der Waals surface area contributed by atoms with Crippen molar-refractivity contribution >= 4 is 56.1 Å². The Morgan fingerprint density at radius 2 is 1.69 bits per heavy atom. The third kappa shape index (κ3) is 2.39. The minimum atomic E-state index is -4.29. The monoisotopic (exact) mass is 246 g/mol. The SMILES string of the molecule is Nc1ccc2ccccc2c1S(=O)(=O)O.[Na]. The summed E-state index contributed by atoms with van der Waals surface area (Å²) in [5.41, 5.74) is 5.59. The molecule has 0 amide bonds. The fourth-order valence-electron chi connectivity index (χ4n) is 1.55. The van der Waals surface area contributed by atoms with Gasteiger partial charge in [0.15, 0.2) is 0 Å². The molecule has 6 heteroatoms. The molecule has 3 N–H and O–H groups in total. The Labute approximate surface area is 115 Å². The Bertz CT molecular complexity index is 625. The van der Waals surface area contributed by atoms with Gasteiger partial charge in [0.05, 0.1) is 5.69 Å². The van der Waals surface area contributed by atoms with Crippen molar-refractivity contribution in [1.29, 1.82) is 0 Å². The van der Waals surface area contributed by atoms with E-state index >= 15 is 0 Å². The number of hydrogen-bond donors (Lipinski definition) is 2. The van der Waals surface area contributed by atoms with E-state index in [0.29, 0.717) is 5.39 Å². The molecule has 2 rings (SSSR count). The van der Waals surface area contributed by atoms with E-state index in [0.717, 1.165) is 5.39 Å². The van der Waals surface area contributed by atoms with E-state index in [2.05, 4.69) is 0 Å². The number of hydrogen-bond acceptors (Lipinski definition) is 3. The van der Waals surface area contributed by atoms with Gasteiger partial charge in [-0.1, -0.05) is 30.3 Å². The smallest absolute Gasteiger partial charge is 0.297 e. The van der Waals surface area contributed by atoms with Crippen LogP contribution < -0.4 is 5.73 Å². The minimum absolute atomic E-state index is 0. The van der Waals surface area contributed by atoms with Crippen molar-refractivity contribution in [2.24, 2.45) is 0 Å². The fraction of sp³-hybridized carbons (Fsp3) is 0. The first-order valence-electron chi connectivity index (χ1n) is 4.25. The number of nitrogens with two attached hydrogens (primary N) is 1. The summed E-state index contributed by atoms with van der Waals surface area (Å²) in [5, 5.41) is 1.15. The van der Waals surface area contributed by atoms with Gasteiger partial charge < -0.3 is 5.73 Å². The maximum atomic E-state index is 11.1. The van der Waals surface area contributed by atoms with Crippen molar-refractivity contribution in [3.63, 3.8) is 0 Å². The second-order valence-electron chi connectivity index (χ2n) is 3.18. The molecule has 0 saturated heterocycles. The molecule has 1 radical (unpaired) electrons. The largest absolute Gasteiger partial charge is 0.398 e. The zero-order valence-electron chi connectivity index (χ0n) is 8.71. The van der Waals surface area contributed by atoms with Gasteiger partial charge >= 0.3 is 0 Å². The first-order valence-corrected chi connectivity index (χ1v) is 5.69. The second-order valence-corrected chi connectivity index (χ2v) is 4.54. The molecule has 0 aliphatic heterocycles. The molecule has 0 saturated carbocycles. The van der Waals surface area contributed by atoms with Crippen LogP contribution in [0.5, 0.6) is 0 Å². The van der Waals surface area contributed by atoms with Gasteiger partial charge in [-0.3, -0.25) is 4.55 Å². The van der Waals surface area contributed by atoms with Crippen LogP contribution in [0.3, 0.4) is 0 Å². The molecule has 0 spiro atoms. The third-order valence-corrected chi connectivity index (χ3v) is 3.14. The Morgan fingerprint density at radius 1 is 1.06 bits per heavy atom. The summed E-state index contributed by atoms with van der Waals surface area (Å²) in [6.45, 7) is 0. The summed E-state index contributed by atoms with van der Waals surface area (Å²) in [6, 6.07) is 10.0. The topological polar surface area (TPSA) is 80.4 Å². The Kier molecular flexibility index (Phi) is 3.98. The van der Waals surface area contributed by atoms with Crippen LogP contribution in [0.25, 0.3) is 10.8 Å². The van der Waals surface area contributed by atoms with Crippen molar-refractivity contribution in [2.75, 3.05) is 5.73 Å². The van der Waals surface area contributed by atoms with E-state index < -0.39 is 10.1 Å². The van der Waals surface area contributed by atoms with Gasteiger partial charge in [0.2, 0.25) is 0 Å². The number of anilines is 1. The predicted molar refractivity (Wildman–Crippen MR) is 63.9 cm³/mol. The van der Waals surface area contributed by atoms with Crippen LogP contribution in [-0.2, 0) is 10.1 Å². The van der Waals surface area contributed by atoms with E-state index in [1.54, 1.807) is 30.3 Å². The molecule has 0 atom stereocenters. The fourth-order valence-corrected chi connectivity index (χ4v) is 2.38.